The zero-order valence-electron chi connectivity index (χ0n) is 12.0. The molecule has 5 heteroatoms. The third kappa shape index (κ3) is 2.72. The van der Waals surface area contributed by atoms with Gasteiger partial charge in [-0.3, -0.25) is 4.98 Å². The van der Waals surface area contributed by atoms with E-state index >= 15 is 0 Å². The molecule has 1 atom stereocenters. The molecule has 106 valence electrons. The van der Waals surface area contributed by atoms with E-state index in [0.29, 0.717) is 11.7 Å². The summed E-state index contributed by atoms with van der Waals surface area (Å²) in [5, 5.41) is 7.56. The fourth-order valence-corrected chi connectivity index (χ4v) is 2.66. The van der Waals surface area contributed by atoms with Gasteiger partial charge in [0.05, 0.1) is 6.04 Å². The highest BCUT2D eigenvalue weighted by molar-refractivity contribution is 5.54. The van der Waals surface area contributed by atoms with Crippen molar-refractivity contribution in [2.75, 3.05) is 6.54 Å². The summed E-state index contributed by atoms with van der Waals surface area (Å²) in [7, 11) is 0. The average Bonchev–Trinajstić information content (AvgIpc) is 2.74. The fourth-order valence-electron chi connectivity index (χ4n) is 2.66. The topological polar surface area (TPSA) is 63.8 Å². The first-order valence-corrected chi connectivity index (χ1v) is 7.24. The molecule has 2 aromatic heterocycles. The van der Waals surface area contributed by atoms with Gasteiger partial charge in [-0.25, -0.2) is 0 Å². The zero-order chi connectivity index (χ0) is 13.9. The van der Waals surface area contributed by atoms with Crippen molar-refractivity contribution in [3.8, 4) is 11.5 Å². The molecule has 0 aromatic carbocycles. The molecule has 20 heavy (non-hydrogen) atoms. The van der Waals surface area contributed by atoms with Gasteiger partial charge in [0.15, 0.2) is 0 Å². The molecule has 1 N–H and O–H groups in total. The number of rotatable bonds is 2. The Labute approximate surface area is 118 Å². The molecule has 1 unspecified atom stereocenters. The van der Waals surface area contributed by atoms with Gasteiger partial charge in [0.1, 0.15) is 5.69 Å². The van der Waals surface area contributed by atoms with Crippen LogP contribution >= 0.6 is 0 Å². The molecule has 0 amide bonds. The number of pyridine rings is 1. The molecule has 1 aliphatic rings. The van der Waals surface area contributed by atoms with Crippen LogP contribution in [0.4, 0.5) is 0 Å². The summed E-state index contributed by atoms with van der Waals surface area (Å²) in [5.74, 6) is 1.27. The first-order valence-electron chi connectivity index (χ1n) is 7.24. The lowest BCUT2D eigenvalue weighted by atomic mass is 10.1. The van der Waals surface area contributed by atoms with Gasteiger partial charge in [-0.1, -0.05) is 24.1 Å². The smallest absolute Gasteiger partial charge is 0.244 e. The highest BCUT2D eigenvalue weighted by Gasteiger charge is 2.21. The van der Waals surface area contributed by atoms with Crippen molar-refractivity contribution < 1.29 is 4.52 Å². The molecular weight excluding hydrogens is 252 g/mol. The van der Waals surface area contributed by atoms with Crippen LogP contribution in [-0.4, -0.2) is 21.7 Å². The molecule has 1 saturated heterocycles. The van der Waals surface area contributed by atoms with Crippen molar-refractivity contribution in [3.05, 3.63) is 29.3 Å². The van der Waals surface area contributed by atoms with Gasteiger partial charge in [0.25, 0.3) is 0 Å². The minimum absolute atomic E-state index is 0.185. The Bertz CT molecular complexity index is 585. The Morgan fingerprint density at radius 3 is 3.00 bits per heavy atom. The van der Waals surface area contributed by atoms with Crippen molar-refractivity contribution in [1.82, 2.24) is 20.4 Å². The maximum absolute atomic E-state index is 5.44. The Morgan fingerprint density at radius 1 is 1.25 bits per heavy atom. The summed E-state index contributed by atoms with van der Waals surface area (Å²) in [5.41, 5.74) is 3.02. The van der Waals surface area contributed by atoms with E-state index in [1.54, 1.807) is 0 Å². The molecule has 3 heterocycles. The number of hydrogen-bond acceptors (Lipinski definition) is 5. The van der Waals surface area contributed by atoms with Crippen LogP contribution in [0.25, 0.3) is 11.5 Å². The van der Waals surface area contributed by atoms with E-state index in [2.05, 4.69) is 26.5 Å². The quantitative estimate of drug-likeness (QED) is 0.910. The number of nitrogens with one attached hydrogen (secondary N) is 1. The Balaban J connectivity index is 1.85. The minimum Gasteiger partial charge on any atom is -0.337 e. The summed E-state index contributed by atoms with van der Waals surface area (Å²) in [4.78, 5) is 8.95. The molecule has 5 nitrogen and oxygen atoms in total. The monoisotopic (exact) mass is 272 g/mol. The lowest BCUT2D eigenvalue weighted by Gasteiger charge is -2.09. The molecule has 3 rings (SSSR count). The van der Waals surface area contributed by atoms with Crippen LogP contribution in [0.15, 0.2) is 16.8 Å². The summed E-state index contributed by atoms with van der Waals surface area (Å²) in [6.07, 6.45) is 6.58. The van der Waals surface area contributed by atoms with Gasteiger partial charge in [0.2, 0.25) is 11.7 Å². The van der Waals surface area contributed by atoms with Crippen molar-refractivity contribution in [3.63, 3.8) is 0 Å². The third-order valence-corrected chi connectivity index (χ3v) is 3.73. The Kier molecular flexibility index (Phi) is 3.78. The van der Waals surface area contributed by atoms with Crippen LogP contribution in [-0.2, 0) is 0 Å². The summed E-state index contributed by atoms with van der Waals surface area (Å²) >= 11 is 0. The highest BCUT2D eigenvalue weighted by Crippen LogP contribution is 2.24. The average molecular weight is 272 g/mol. The molecule has 1 fully saturated rings. The predicted octanol–water partition coefficient (Wildman–Crippen LogP) is 2.95. The van der Waals surface area contributed by atoms with E-state index in [4.69, 9.17) is 4.52 Å². The number of hydrogen-bond donors (Lipinski definition) is 1. The minimum atomic E-state index is 0.185. The van der Waals surface area contributed by atoms with Crippen LogP contribution in [0, 0.1) is 13.8 Å². The summed E-state index contributed by atoms with van der Waals surface area (Å²) in [6.45, 7) is 5.07. The van der Waals surface area contributed by atoms with Gasteiger partial charge < -0.3 is 9.84 Å². The van der Waals surface area contributed by atoms with Crippen LogP contribution in [0.5, 0.6) is 0 Å². The van der Waals surface area contributed by atoms with E-state index in [-0.39, 0.29) is 6.04 Å². The summed E-state index contributed by atoms with van der Waals surface area (Å²) in [6, 6.07) is 2.27. The van der Waals surface area contributed by atoms with Crippen molar-refractivity contribution in [1.29, 1.82) is 0 Å². The van der Waals surface area contributed by atoms with Crippen molar-refractivity contribution in [2.45, 2.75) is 45.6 Å². The second-order valence-corrected chi connectivity index (χ2v) is 5.49. The maximum atomic E-state index is 5.44. The first-order chi connectivity index (χ1) is 9.74. The molecular formula is C15H20N4O. The third-order valence-electron chi connectivity index (χ3n) is 3.73. The second kappa shape index (κ2) is 5.71. The van der Waals surface area contributed by atoms with Crippen LogP contribution in [0.1, 0.15) is 48.7 Å². The van der Waals surface area contributed by atoms with Crippen LogP contribution in [0.2, 0.25) is 0 Å². The van der Waals surface area contributed by atoms with Crippen molar-refractivity contribution in [2.24, 2.45) is 0 Å². The number of aryl methyl sites for hydroxylation is 2. The molecule has 0 radical (unpaired) electrons. The van der Waals surface area contributed by atoms with Gasteiger partial charge >= 0.3 is 0 Å². The van der Waals surface area contributed by atoms with E-state index in [9.17, 15) is 0 Å². The predicted molar refractivity (Wildman–Crippen MR) is 76.2 cm³/mol. The van der Waals surface area contributed by atoms with Gasteiger partial charge in [-0.15, -0.1) is 0 Å². The molecule has 0 spiro atoms. The molecule has 0 saturated carbocycles. The molecule has 1 aliphatic heterocycles. The second-order valence-electron chi connectivity index (χ2n) is 5.49. The lowest BCUT2D eigenvalue weighted by molar-refractivity contribution is 0.327. The fraction of sp³-hybridized carbons (Fsp3) is 0.533. The van der Waals surface area contributed by atoms with E-state index < -0.39 is 0 Å². The number of aromatic nitrogens is 3. The zero-order valence-corrected chi connectivity index (χ0v) is 12.0. The van der Waals surface area contributed by atoms with E-state index in [0.717, 1.165) is 29.8 Å². The molecule has 0 bridgehead atoms. The van der Waals surface area contributed by atoms with Crippen molar-refractivity contribution >= 4 is 0 Å². The van der Waals surface area contributed by atoms with E-state index in [1.807, 2.05) is 20.0 Å². The maximum Gasteiger partial charge on any atom is 0.244 e. The Hall–Kier alpha value is -1.75. The standard InChI is InChI=1S/C15H20N4O/c1-10-8-11(2)13(17-9-10)14-18-15(20-19-14)12-6-4-3-5-7-16-12/h8-9,12,16H,3-7H2,1-2H3. The molecule has 0 aliphatic carbocycles. The van der Waals surface area contributed by atoms with Gasteiger partial charge in [0, 0.05) is 6.20 Å². The largest absolute Gasteiger partial charge is 0.337 e. The van der Waals surface area contributed by atoms with E-state index in [1.165, 1.54) is 19.3 Å². The highest BCUT2D eigenvalue weighted by atomic mass is 16.5. The normalized spacial score (nSPS) is 19.8. The molecule has 2 aromatic rings. The lowest BCUT2D eigenvalue weighted by Crippen LogP contribution is -2.20. The van der Waals surface area contributed by atoms with Gasteiger partial charge in [-0.2, -0.15) is 4.98 Å². The van der Waals surface area contributed by atoms with Crippen LogP contribution in [0.3, 0.4) is 0 Å². The summed E-state index contributed by atoms with van der Waals surface area (Å²) < 4.78 is 5.44. The number of nitrogens with zero attached hydrogens (tertiary/aromatic N) is 3. The van der Waals surface area contributed by atoms with Gasteiger partial charge in [-0.05, 0) is 44.4 Å². The van der Waals surface area contributed by atoms with Crippen LogP contribution < -0.4 is 5.32 Å². The first kappa shape index (κ1) is 13.2. The SMILES string of the molecule is Cc1cnc(-c2noc(C3CCCCCN3)n2)c(C)c1. The Morgan fingerprint density at radius 2 is 2.15 bits per heavy atom.